The van der Waals surface area contributed by atoms with Crippen molar-refractivity contribution in [2.45, 2.75) is 18.4 Å². The van der Waals surface area contributed by atoms with E-state index >= 15 is 0 Å². The number of nitrogens with one attached hydrogen (secondary N) is 2. The Balaban J connectivity index is 1.56. The summed E-state index contributed by atoms with van der Waals surface area (Å²) in [6.45, 7) is 1.98. The van der Waals surface area contributed by atoms with Crippen LogP contribution in [0.1, 0.15) is 28.4 Å². The fraction of sp³-hybridized carbons (Fsp3) is 0.130. The Bertz CT molecular complexity index is 1320. The number of pyridine rings is 1. The molecule has 0 saturated carbocycles. The van der Waals surface area contributed by atoms with E-state index < -0.39 is 0 Å². The van der Waals surface area contributed by atoms with Gasteiger partial charge in [-0.2, -0.15) is 5.26 Å². The predicted molar refractivity (Wildman–Crippen MR) is 120 cm³/mol. The van der Waals surface area contributed by atoms with Crippen molar-refractivity contribution in [2.75, 3.05) is 5.75 Å². The van der Waals surface area contributed by atoms with Crippen LogP contribution in [0.3, 0.4) is 0 Å². The Kier molecular flexibility index (Phi) is 5.87. The number of rotatable bonds is 5. The number of carbonyl (C=O) groups excluding carboxylic acids is 2. The lowest BCUT2D eigenvalue weighted by Gasteiger charge is -2.11. The van der Waals surface area contributed by atoms with E-state index in [2.05, 4.69) is 21.9 Å². The van der Waals surface area contributed by atoms with Crippen molar-refractivity contribution in [1.29, 1.82) is 5.26 Å². The van der Waals surface area contributed by atoms with Gasteiger partial charge in [-0.15, -0.1) is 0 Å². The van der Waals surface area contributed by atoms with Crippen LogP contribution in [0.2, 0.25) is 0 Å². The molecule has 31 heavy (non-hydrogen) atoms. The van der Waals surface area contributed by atoms with Crippen LogP contribution in [-0.4, -0.2) is 27.0 Å². The molecular formula is C23H19N5O2S. The maximum Gasteiger partial charge on any atom is 0.269 e. The average Bonchev–Trinajstić information content (AvgIpc) is 3.20. The van der Waals surface area contributed by atoms with Gasteiger partial charge in [0, 0.05) is 5.56 Å². The molecule has 0 aliphatic rings. The van der Waals surface area contributed by atoms with Crippen molar-refractivity contribution in [2.24, 2.45) is 0 Å². The molecule has 0 fully saturated rings. The van der Waals surface area contributed by atoms with E-state index in [0.29, 0.717) is 23.2 Å². The van der Waals surface area contributed by atoms with E-state index in [1.165, 1.54) is 11.8 Å². The zero-order chi connectivity index (χ0) is 21.8. The van der Waals surface area contributed by atoms with E-state index in [4.69, 9.17) is 0 Å². The topological polar surface area (TPSA) is 99.3 Å². The molecule has 2 heterocycles. The lowest BCUT2D eigenvalue weighted by Crippen LogP contribution is -2.42. The SMILES string of the molecule is CCc1cc(SCC(=O)NNC(=O)c2ccccc2)n2c(nc3ccccc32)c1C#N. The second-order valence-corrected chi connectivity index (χ2v) is 7.76. The molecular weight excluding hydrogens is 410 g/mol. The van der Waals surface area contributed by atoms with Gasteiger partial charge in [-0.05, 0) is 42.3 Å². The Morgan fingerprint density at radius 3 is 2.58 bits per heavy atom. The first kappa shape index (κ1) is 20.4. The summed E-state index contributed by atoms with van der Waals surface area (Å²) in [6, 6.07) is 20.5. The van der Waals surface area contributed by atoms with Crippen molar-refractivity contribution in [3.63, 3.8) is 0 Å². The highest BCUT2D eigenvalue weighted by atomic mass is 32.2. The molecule has 0 radical (unpaired) electrons. The maximum atomic E-state index is 12.3. The lowest BCUT2D eigenvalue weighted by molar-refractivity contribution is -0.119. The summed E-state index contributed by atoms with van der Waals surface area (Å²) in [6.07, 6.45) is 0.676. The molecule has 8 heteroatoms. The minimum atomic E-state index is -0.381. The molecule has 0 unspecified atom stereocenters. The van der Waals surface area contributed by atoms with E-state index in [0.717, 1.165) is 21.6 Å². The lowest BCUT2D eigenvalue weighted by atomic mass is 10.1. The van der Waals surface area contributed by atoms with Crippen LogP contribution in [0, 0.1) is 11.3 Å². The monoisotopic (exact) mass is 429 g/mol. The summed E-state index contributed by atoms with van der Waals surface area (Å²) in [5, 5.41) is 10.5. The van der Waals surface area contributed by atoms with Crippen molar-refractivity contribution >= 4 is 40.3 Å². The molecule has 154 valence electrons. The molecule has 7 nitrogen and oxygen atoms in total. The van der Waals surface area contributed by atoms with Crippen molar-refractivity contribution in [1.82, 2.24) is 20.2 Å². The summed E-state index contributed by atoms with van der Waals surface area (Å²) in [7, 11) is 0. The number of thioether (sulfide) groups is 1. The van der Waals surface area contributed by atoms with Gasteiger partial charge in [-0.3, -0.25) is 24.8 Å². The van der Waals surface area contributed by atoms with Crippen molar-refractivity contribution in [3.8, 4) is 6.07 Å². The number of para-hydroxylation sites is 2. The first-order valence-corrected chi connectivity index (χ1v) is 10.7. The number of nitrogens with zero attached hydrogens (tertiary/aromatic N) is 3. The number of aromatic nitrogens is 2. The normalized spacial score (nSPS) is 10.7. The quantitative estimate of drug-likeness (QED) is 0.374. The first-order chi connectivity index (χ1) is 15.1. The molecule has 0 bridgehead atoms. The minimum absolute atomic E-state index is 0.0890. The number of hydrogen-bond acceptors (Lipinski definition) is 5. The summed E-state index contributed by atoms with van der Waals surface area (Å²) in [4.78, 5) is 29.1. The largest absolute Gasteiger partial charge is 0.286 e. The molecule has 2 N–H and O–H groups in total. The van der Waals surface area contributed by atoms with Crippen molar-refractivity contribution in [3.05, 3.63) is 77.4 Å². The highest BCUT2D eigenvalue weighted by molar-refractivity contribution is 7.99. The van der Waals surface area contributed by atoms with Gasteiger partial charge in [0.25, 0.3) is 5.91 Å². The number of aryl methyl sites for hydroxylation is 1. The average molecular weight is 430 g/mol. The molecule has 2 aromatic heterocycles. The third-order valence-corrected chi connectivity index (χ3v) is 5.82. The summed E-state index contributed by atoms with van der Waals surface area (Å²) in [5.74, 6) is -0.631. The number of hydrazine groups is 1. The molecule has 2 aromatic carbocycles. The van der Waals surface area contributed by atoms with Crippen LogP contribution < -0.4 is 10.9 Å². The Hall–Kier alpha value is -3.83. The molecule has 0 saturated heterocycles. The van der Waals surface area contributed by atoms with Gasteiger partial charge < -0.3 is 0 Å². The van der Waals surface area contributed by atoms with Crippen molar-refractivity contribution < 1.29 is 9.59 Å². The van der Waals surface area contributed by atoms with E-state index in [-0.39, 0.29) is 17.6 Å². The molecule has 0 aliphatic heterocycles. The van der Waals surface area contributed by atoms with Crippen LogP contribution in [0.15, 0.2) is 65.7 Å². The molecule has 4 aromatic rings. The van der Waals surface area contributed by atoms with Crippen LogP contribution in [0.25, 0.3) is 16.7 Å². The Morgan fingerprint density at radius 2 is 1.84 bits per heavy atom. The molecule has 4 rings (SSSR count). The van der Waals surface area contributed by atoms with Gasteiger partial charge in [-0.25, -0.2) is 4.98 Å². The maximum absolute atomic E-state index is 12.3. The zero-order valence-corrected chi connectivity index (χ0v) is 17.6. The molecule has 2 amide bonds. The van der Waals surface area contributed by atoms with Gasteiger partial charge in [0.15, 0.2) is 5.65 Å². The molecule has 0 aliphatic carbocycles. The summed E-state index contributed by atoms with van der Waals surface area (Å²) >= 11 is 1.32. The van der Waals surface area contributed by atoms with E-state index in [9.17, 15) is 14.9 Å². The number of imidazole rings is 1. The highest BCUT2D eigenvalue weighted by Gasteiger charge is 2.17. The fourth-order valence-corrected chi connectivity index (χ4v) is 4.21. The summed E-state index contributed by atoms with van der Waals surface area (Å²) < 4.78 is 1.91. The van der Waals surface area contributed by atoms with E-state index in [1.54, 1.807) is 24.3 Å². The molecule has 0 atom stereocenters. The standard InChI is InChI=1S/C23H19N5O2S/c1-2-15-12-21(28-19-11-7-6-10-18(19)25-22(28)17(15)13-24)31-14-20(29)26-27-23(30)16-8-4-3-5-9-16/h3-12H,2,14H2,1H3,(H,26,29)(H,27,30). The fourth-order valence-electron chi connectivity index (χ4n) is 3.32. The Morgan fingerprint density at radius 1 is 1.10 bits per heavy atom. The third-order valence-electron chi connectivity index (χ3n) is 4.82. The number of hydrogen-bond donors (Lipinski definition) is 2. The number of fused-ring (bicyclic) bond motifs is 3. The summed E-state index contributed by atoms with van der Waals surface area (Å²) in [5.41, 5.74) is 9.00. The second kappa shape index (κ2) is 8.90. The first-order valence-electron chi connectivity index (χ1n) is 9.72. The van der Waals surface area contributed by atoms with E-state index in [1.807, 2.05) is 47.7 Å². The Labute approximate surface area is 183 Å². The van der Waals surface area contributed by atoms with Crippen LogP contribution in [0.5, 0.6) is 0 Å². The highest BCUT2D eigenvalue weighted by Crippen LogP contribution is 2.29. The van der Waals surface area contributed by atoms with Gasteiger partial charge >= 0.3 is 0 Å². The second-order valence-electron chi connectivity index (χ2n) is 6.76. The smallest absolute Gasteiger partial charge is 0.269 e. The van der Waals surface area contributed by atoms with Gasteiger partial charge in [-0.1, -0.05) is 49.0 Å². The van der Waals surface area contributed by atoms with Gasteiger partial charge in [0.05, 0.1) is 27.4 Å². The van der Waals surface area contributed by atoms with Gasteiger partial charge in [0.2, 0.25) is 5.91 Å². The third kappa shape index (κ3) is 4.09. The number of nitriles is 1. The minimum Gasteiger partial charge on any atom is -0.286 e. The van der Waals surface area contributed by atoms with Crippen LogP contribution >= 0.6 is 11.8 Å². The number of carbonyl (C=O) groups is 2. The van der Waals surface area contributed by atoms with Crippen LogP contribution in [0.4, 0.5) is 0 Å². The number of amides is 2. The number of benzene rings is 2. The van der Waals surface area contributed by atoms with Crippen LogP contribution in [-0.2, 0) is 11.2 Å². The van der Waals surface area contributed by atoms with Gasteiger partial charge in [0.1, 0.15) is 6.07 Å². The predicted octanol–water partition coefficient (Wildman–Crippen LogP) is 3.47. The molecule has 0 spiro atoms. The zero-order valence-electron chi connectivity index (χ0n) is 16.8.